The summed E-state index contributed by atoms with van der Waals surface area (Å²) in [7, 11) is 1.56. The molecule has 7 heteroatoms. The lowest BCUT2D eigenvalue weighted by Crippen LogP contribution is -2.38. The molecule has 1 aromatic rings. The van der Waals surface area contributed by atoms with Crippen LogP contribution < -0.4 is 5.32 Å². The zero-order valence-corrected chi connectivity index (χ0v) is 12.3. The second kappa shape index (κ2) is 8.33. The maximum Gasteiger partial charge on any atom is 0.269 e. The van der Waals surface area contributed by atoms with Crippen molar-refractivity contribution in [2.45, 2.75) is 19.4 Å². The minimum atomic E-state index is -0.874. The van der Waals surface area contributed by atoms with Crippen molar-refractivity contribution in [2.24, 2.45) is 0 Å². The van der Waals surface area contributed by atoms with Crippen LogP contribution in [0, 0.1) is 10.1 Å². The van der Waals surface area contributed by atoms with Crippen molar-refractivity contribution < 1.29 is 14.8 Å². The van der Waals surface area contributed by atoms with Gasteiger partial charge < -0.3 is 10.4 Å². The third kappa shape index (κ3) is 5.49. The number of aliphatic hydroxyl groups excluding tert-OH is 1. The van der Waals surface area contributed by atoms with Crippen molar-refractivity contribution in [1.82, 2.24) is 10.2 Å². The van der Waals surface area contributed by atoms with Crippen molar-refractivity contribution in [3.8, 4) is 0 Å². The van der Waals surface area contributed by atoms with Crippen LogP contribution in [0.25, 0.3) is 0 Å². The normalized spacial score (nSPS) is 12.2. The van der Waals surface area contributed by atoms with Crippen LogP contribution in [0.3, 0.4) is 0 Å². The summed E-state index contributed by atoms with van der Waals surface area (Å²) in [5.41, 5.74) is 0.419. The van der Waals surface area contributed by atoms with Gasteiger partial charge in [0.1, 0.15) is 0 Å². The van der Waals surface area contributed by atoms with E-state index in [0.29, 0.717) is 12.1 Å². The van der Waals surface area contributed by atoms with E-state index in [4.69, 9.17) is 0 Å². The molecule has 0 saturated carbocycles. The molecule has 116 valence electrons. The van der Waals surface area contributed by atoms with Crippen molar-refractivity contribution in [1.29, 1.82) is 0 Å². The molecule has 21 heavy (non-hydrogen) atoms. The molecular formula is C14H21N3O4. The lowest BCUT2D eigenvalue weighted by molar-refractivity contribution is -0.385. The van der Waals surface area contributed by atoms with Gasteiger partial charge in [-0.1, -0.05) is 19.1 Å². The monoisotopic (exact) mass is 295 g/mol. The molecule has 1 amide bonds. The van der Waals surface area contributed by atoms with Crippen LogP contribution in [0.5, 0.6) is 0 Å². The van der Waals surface area contributed by atoms with Gasteiger partial charge in [0.05, 0.1) is 17.6 Å². The summed E-state index contributed by atoms with van der Waals surface area (Å²) >= 11 is 0. The van der Waals surface area contributed by atoms with E-state index in [1.165, 1.54) is 12.1 Å². The molecule has 0 aliphatic rings. The number of rotatable bonds is 8. The molecule has 0 fully saturated rings. The van der Waals surface area contributed by atoms with Gasteiger partial charge in [-0.05, 0) is 18.5 Å². The van der Waals surface area contributed by atoms with Crippen molar-refractivity contribution in [3.05, 3.63) is 39.9 Å². The first kappa shape index (κ1) is 17.1. The molecule has 0 spiro atoms. The molecule has 0 saturated heterocycles. The molecule has 1 atom stereocenters. The smallest absolute Gasteiger partial charge is 0.269 e. The third-order valence-corrected chi connectivity index (χ3v) is 3.08. The van der Waals surface area contributed by atoms with Crippen LogP contribution in [-0.4, -0.2) is 47.5 Å². The summed E-state index contributed by atoms with van der Waals surface area (Å²) in [6.07, 6.45) is -0.0281. The van der Waals surface area contributed by atoms with E-state index in [1.807, 2.05) is 11.8 Å². The van der Waals surface area contributed by atoms with Crippen LogP contribution in [0.1, 0.15) is 25.0 Å². The number of carbonyl (C=O) groups excluding carboxylic acids is 1. The number of aliphatic hydroxyl groups is 1. The standard InChI is InChI=1S/C14H21N3O4/c1-3-7-16(10-14(19)15-2)9-13(18)11-5-4-6-12(8-11)17(20)21/h4-6,8,13,18H,3,7,9-10H2,1-2H3,(H,15,19). The summed E-state index contributed by atoms with van der Waals surface area (Å²) < 4.78 is 0. The predicted octanol–water partition coefficient (Wildman–Crippen LogP) is 1.09. The minimum Gasteiger partial charge on any atom is -0.387 e. The molecule has 1 rings (SSSR count). The Morgan fingerprint density at radius 2 is 2.24 bits per heavy atom. The van der Waals surface area contributed by atoms with Gasteiger partial charge in [-0.3, -0.25) is 19.8 Å². The van der Waals surface area contributed by atoms with Gasteiger partial charge >= 0.3 is 0 Å². The Bertz CT molecular complexity index is 493. The van der Waals surface area contributed by atoms with Crippen LogP contribution in [-0.2, 0) is 4.79 Å². The molecule has 2 N–H and O–H groups in total. The first-order chi connectivity index (χ1) is 9.97. The van der Waals surface area contributed by atoms with Gasteiger partial charge in [0.25, 0.3) is 5.69 Å². The fourth-order valence-corrected chi connectivity index (χ4v) is 2.03. The average molecular weight is 295 g/mol. The minimum absolute atomic E-state index is 0.0557. The molecule has 0 aliphatic heterocycles. The number of nitro benzene ring substituents is 1. The second-order valence-corrected chi connectivity index (χ2v) is 4.78. The Balaban J connectivity index is 2.76. The number of amides is 1. The molecule has 7 nitrogen and oxygen atoms in total. The summed E-state index contributed by atoms with van der Waals surface area (Å²) in [5, 5.41) is 23.5. The fraction of sp³-hybridized carbons (Fsp3) is 0.500. The Kier molecular flexibility index (Phi) is 6.77. The van der Waals surface area contributed by atoms with Gasteiger partial charge in [-0.2, -0.15) is 0 Å². The number of likely N-dealkylation sites (N-methyl/N-ethyl adjacent to an activating group) is 1. The number of carbonyl (C=O) groups is 1. The first-order valence-corrected chi connectivity index (χ1v) is 6.83. The first-order valence-electron chi connectivity index (χ1n) is 6.83. The zero-order valence-electron chi connectivity index (χ0n) is 12.3. The average Bonchev–Trinajstić information content (AvgIpc) is 2.47. The molecule has 0 aliphatic carbocycles. The number of benzene rings is 1. The largest absolute Gasteiger partial charge is 0.387 e. The van der Waals surface area contributed by atoms with E-state index in [2.05, 4.69) is 5.32 Å². The summed E-state index contributed by atoms with van der Waals surface area (Å²) in [6.45, 7) is 3.09. The van der Waals surface area contributed by atoms with Gasteiger partial charge in [-0.15, -0.1) is 0 Å². The lowest BCUT2D eigenvalue weighted by Gasteiger charge is -2.23. The van der Waals surface area contributed by atoms with E-state index in [0.717, 1.165) is 6.42 Å². The highest BCUT2D eigenvalue weighted by molar-refractivity contribution is 5.77. The van der Waals surface area contributed by atoms with Crippen LogP contribution >= 0.6 is 0 Å². The van der Waals surface area contributed by atoms with E-state index in [-0.39, 0.29) is 24.7 Å². The highest BCUT2D eigenvalue weighted by Gasteiger charge is 2.17. The van der Waals surface area contributed by atoms with E-state index >= 15 is 0 Å². The Hall–Kier alpha value is -1.99. The van der Waals surface area contributed by atoms with Crippen LogP contribution in [0.2, 0.25) is 0 Å². The summed E-state index contributed by atoms with van der Waals surface area (Å²) in [6, 6.07) is 5.92. The molecular weight excluding hydrogens is 274 g/mol. The molecule has 0 radical (unpaired) electrons. The number of nitro groups is 1. The molecule has 0 aromatic heterocycles. The number of hydrogen-bond acceptors (Lipinski definition) is 5. The number of hydrogen-bond donors (Lipinski definition) is 2. The fourth-order valence-electron chi connectivity index (χ4n) is 2.03. The maximum absolute atomic E-state index is 11.4. The highest BCUT2D eigenvalue weighted by Crippen LogP contribution is 2.20. The van der Waals surface area contributed by atoms with E-state index < -0.39 is 11.0 Å². The maximum atomic E-state index is 11.4. The Morgan fingerprint density at radius 1 is 1.52 bits per heavy atom. The quantitative estimate of drug-likeness (QED) is 0.553. The van der Waals surface area contributed by atoms with E-state index in [9.17, 15) is 20.0 Å². The SMILES string of the molecule is CCCN(CC(=O)NC)CC(O)c1cccc([N+](=O)[O-])c1. The topological polar surface area (TPSA) is 95.7 Å². The molecule has 0 heterocycles. The van der Waals surface area contributed by atoms with Gasteiger partial charge in [0.2, 0.25) is 5.91 Å². The predicted molar refractivity (Wildman–Crippen MR) is 78.9 cm³/mol. The van der Waals surface area contributed by atoms with Crippen LogP contribution in [0.15, 0.2) is 24.3 Å². The second-order valence-electron chi connectivity index (χ2n) is 4.78. The lowest BCUT2D eigenvalue weighted by atomic mass is 10.1. The van der Waals surface area contributed by atoms with Gasteiger partial charge in [0.15, 0.2) is 0 Å². The summed E-state index contributed by atoms with van der Waals surface area (Å²) in [4.78, 5) is 23.5. The molecule has 1 aromatic carbocycles. The van der Waals surface area contributed by atoms with Crippen LogP contribution in [0.4, 0.5) is 5.69 Å². The summed E-state index contributed by atoms with van der Waals surface area (Å²) in [5.74, 6) is -0.130. The van der Waals surface area contributed by atoms with Crippen molar-refractivity contribution in [3.63, 3.8) is 0 Å². The zero-order chi connectivity index (χ0) is 15.8. The molecule has 0 bridgehead atoms. The number of nitrogens with zero attached hydrogens (tertiary/aromatic N) is 2. The van der Waals surface area contributed by atoms with Gasteiger partial charge in [-0.25, -0.2) is 0 Å². The van der Waals surface area contributed by atoms with E-state index in [1.54, 1.807) is 19.2 Å². The van der Waals surface area contributed by atoms with Gasteiger partial charge in [0, 0.05) is 25.7 Å². The third-order valence-electron chi connectivity index (χ3n) is 3.08. The molecule has 1 unspecified atom stereocenters. The Labute approximate surface area is 123 Å². The highest BCUT2D eigenvalue weighted by atomic mass is 16.6. The number of nitrogens with one attached hydrogen (secondary N) is 1. The van der Waals surface area contributed by atoms with Crippen molar-refractivity contribution in [2.75, 3.05) is 26.7 Å². The number of non-ortho nitro benzene ring substituents is 1. The Morgan fingerprint density at radius 3 is 2.81 bits per heavy atom. The van der Waals surface area contributed by atoms with Crippen molar-refractivity contribution >= 4 is 11.6 Å².